The van der Waals surface area contributed by atoms with Gasteiger partial charge in [-0.2, -0.15) is 14.9 Å². The van der Waals surface area contributed by atoms with Crippen molar-refractivity contribution in [3.63, 3.8) is 0 Å². The number of aromatic amines is 1. The van der Waals surface area contributed by atoms with Crippen LogP contribution < -0.4 is 4.74 Å². The highest BCUT2D eigenvalue weighted by atomic mass is 79.9. The molecule has 0 unspecified atom stereocenters. The zero-order valence-electron chi connectivity index (χ0n) is 13.9. The quantitative estimate of drug-likeness (QED) is 0.363. The fraction of sp³-hybridized carbons (Fsp3) is 0.167. The Morgan fingerprint density at radius 1 is 1.23 bits per heavy atom. The lowest BCUT2D eigenvalue weighted by atomic mass is 10.2. The molecular weight excluding hydrogens is 480 g/mol. The van der Waals surface area contributed by atoms with Gasteiger partial charge in [0, 0.05) is 10.9 Å². The molecule has 0 atom stereocenters. The van der Waals surface area contributed by atoms with Crippen LogP contribution in [0.25, 0.3) is 0 Å². The van der Waals surface area contributed by atoms with Crippen LogP contribution >= 0.6 is 44.1 Å². The number of nitrogens with one attached hydrogen (secondary N) is 1. The van der Waals surface area contributed by atoms with E-state index in [4.69, 9.17) is 17.0 Å². The molecule has 0 aliphatic carbocycles. The van der Waals surface area contributed by atoms with E-state index in [0.29, 0.717) is 11.4 Å². The van der Waals surface area contributed by atoms with Crippen LogP contribution in [0.1, 0.15) is 23.9 Å². The van der Waals surface area contributed by atoms with Crippen LogP contribution in [-0.2, 0) is 13.0 Å². The van der Waals surface area contributed by atoms with E-state index in [9.17, 15) is 0 Å². The maximum atomic E-state index is 5.88. The Hall–Kier alpha value is -1.77. The number of aryl methyl sites for hydroxylation is 1. The third-order valence-corrected chi connectivity index (χ3v) is 5.03. The maximum absolute atomic E-state index is 5.88. The highest BCUT2D eigenvalue weighted by Gasteiger charge is 2.04. The van der Waals surface area contributed by atoms with Gasteiger partial charge in [-0.1, -0.05) is 35.0 Å². The average Bonchev–Trinajstić information content (AvgIpc) is 3.00. The summed E-state index contributed by atoms with van der Waals surface area (Å²) in [6.45, 7) is 2.51. The van der Waals surface area contributed by atoms with Gasteiger partial charge in [-0.15, -0.1) is 0 Å². The molecule has 26 heavy (non-hydrogen) atoms. The Morgan fingerprint density at radius 2 is 2.00 bits per heavy atom. The third-order valence-electron chi connectivity index (χ3n) is 3.62. The summed E-state index contributed by atoms with van der Waals surface area (Å²) in [4.78, 5) is 0. The molecule has 0 radical (unpaired) electrons. The van der Waals surface area contributed by atoms with Gasteiger partial charge in [-0.3, -0.25) is 5.10 Å². The Kier molecular flexibility index (Phi) is 6.39. The van der Waals surface area contributed by atoms with Crippen LogP contribution in [-0.4, -0.2) is 21.1 Å². The zero-order chi connectivity index (χ0) is 18.5. The Balaban J connectivity index is 1.71. The molecular formula is C18H16Br2N4OS. The number of nitrogens with zero attached hydrogens (tertiary/aromatic N) is 3. The van der Waals surface area contributed by atoms with Crippen molar-refractivity contribution in [1.29, 1.82) is 0 Å². The van der Waals surface area contributed by atoms with Gasteiger partial charge in [0.2, 0.25) is 4.77 Å². The largest absolute Gasteiger partial charge is 0.488 e. The second kappa shape index (κ2) is 8.75. The SMILES string of the molecule is CCc1n[nH]c(=S)n1/N=C\c1ccc(OCc2ccc(Br)cc2)c(Br)c1. The summed E-state index contributed by atoms with van der Waals surface area (Å²) >= 11 is 12.2. The van der Waals surface area contributed by atoms with Gasteiger partial charge < -0.3 is 4.74 Å². The van der Waals surface area contributed by atoms with Crippen LogP contribution in [0.3, 0.4) is 0 Å². The standard InChI is InChI=1S/C18H16Br2N4OS/c1-2-17-22-23-18(26)24(17)21-10-13-5-8-16(15(20)9-13)25-11-12-3-6-14(19)7-4-12/h3-10H,2,11H2,1H3,(H,23,26)/b21-10-. The molecule has 0 aliphatic heterocycles. The molecule has 3 rings (SSSR count). The fourth-order valence-electron chi connectivity index (χ4n) is 2.25. The number of halogens is 2. The van der Waals surface area contributed by atoms with Crippen LogP contribution in [0, 0.1) is 4.77 Å². The predicted molar refractivity (Wildman–Crippen MR) is 112 cm³/mol. The van der Waals surface area contributed by atoms with E-state index in [1.165, 1.54) is 0 Å². The molecule has 3 aromatic rings. The molecule has 0 amide bonds. The van der Waals surface area contributed by atoms with E-state index in [0.717, 1.165) is 38.1 Å². The fourth-order valence-corrected chi connectivity index (χ4v) is 3.23. The highest BCUT2D eigenvalue weighted by Crippen LogP contribution is 2.26. The van der Waals surface area contributed by atoms with E-state index in [1.807, 2.05) is 49.4 Å². The lowest BCUT2D eigenvalue weighted by molar-refractivity contribution is 0.304. The molecule has 134 valence electrons. The van der Waals surface area contributed by atoms with Crippen LogP contribution in [0.15, 0.2) is 56.5 Å². The minimum atomic E-state index is 0.478. The first kappa shape index (κ1) is 19.0. The summed E-state index contributed by atoms with van der Waals surface area (Å²) < 4.78 is 9.90. The average molecular weight is 496 g/mol. The first-order chi connectivity index (χ1) is 12.6. The van der Waals surface area contributed by atoms with Crippen molar-refractivity contribution in [3.8, 4) is 5.75 Å². The molecule has 0 spiro atoms. The molecule has 1 N–H and O–H groups in total. The van der Waals surface area contributed by atoms with Crippen LogP contribution in [0.2, 0.25) is 0 Å². The van der Waals surface area contributed by atoms with Crippen molar-refractivity contribution >= 4 is 50.3 Å². The normalized spacial score (nSPS) is 11.2. The molecule has 0 aliphatic rings. The number of hydrogen-bond donors (Lipinski definition) is 1. The molecule has 5 nitrogen and oxygen atoms in total. The van der Waals surface area contributed by atoms with Crippen molar-refractivity contribution < 1.29 is 4.74 Å². The highest BCUT2D eigenvalue weighted by molar-refractivity contribution is 9.10. The van der Waals surface area contributed by atoms with E-state index in [-0.39, 0.29) is 0 Å². The number of aromatic nitrogens is 3. The van der Waals surface area contributed by atoms with E-state index < -0.39 is 0 Å². The van der Waals surface area contributed by atoms with Crippen LogP contribution in [0.5, 0.6) is 5.75 Å². The summed E-state index contributed by atoms with van der Waals surface area (Å²) in [5.41, 5.74) is 2.03. The lowest BCUT2D eigenvalue weighted by Crippen LogP contribution is -1.98. The van der Waals surface area contributed by atoms with E-state index in [1.54, 1.807) is 10.9 Å². The molecule has 1 heterocycles. The van der Waals surface area contributed by atoms with Gasteiger partial charge >= 0.3 is 0 Å². The monoisotopic (exact) mass is 494 g/mol. The molecule has 1 aromatic heterocycles. The van der Waals surface area contributed by atoms with Gasteiger partial charge in [0.05, 0.1) is 10.7 Å². The smallest absolute Gasteiger partial charge is 0.216 e. The maximum Gasteiger partial charge on any atom is 0.216 e. The Labute approximate surface area is 173 Å². The summed E-state index contributed by atoms with van der Waals surface area (Å²) in [6.07, 6.45) is 2.49. The van der Waals surface area contributed by atoms with Crippen molar-refractivity contribution in [1.82, 2.24) is 14.9 Å². The van der Waals surface area contributed by atoms with Gasteiger partial charge in [0.25, 0.3) is 0 Å². The van der Waals surface area contributed by atoms with Gasteiger partial charge in [-0.25, -0.2) is 0 Å². The van der Waals surface area contributed by atoms with Crippen molar-refractivity contribution in [2.45, 2.75) is 20.0 Å². The minimum absolute atomic E-state index is 0.478. The van der Waals surface area contributed by atoms with Crippen molar-refractivity contribution in [2.75, 3.05) is 0 Å². The van der Waals surface area contributed by atoms with E-state index in [2.05, 4.69) is 47.2 Å². The summed E-state index contributed by atoms with van der Waals surface area (Å²) in [7, 11) is 0. The molecule has 2 aromatic carbocycles. The number of hydrogen-bond acceptors (Lipinski definition) is 4. The van der Waals surface area contributed by atoms with Crippen molar-refractivity contribution in [2.24, 2.45) is 5.10 Å². The number of H-pyrrole nitrogens is 1. The van der Waals surface area contributed by atoms with Gasteiger partial charge in [0.15, 0.2) is 5.82 Å². The topological polar surface area (TPSA) is 55.2 Å². The summed E-state index contributed by atoms with van der Waals surface area (Å²) in [5.74, 6) is 1.57. The second-order valence-corrected chi connectivity index (χ2v) is 7.62. The molecule has 0 fully saturated rings. The molecule has 8 heteroatoms. The number of benzene rings is 2. The Bertz CT molecular complexity index is 980. The summed E-state index contributed by atoms with van der Waals surface area (Å²) in [5, 5.41) is 11.3. The van der Waals surface area contributed by atoms with Crippen LogP contribution in [0.4, 0.5) is 0 Å². The lowest BCUT2D eigenvalue weighted by Gasteiger charge is -2.09. The Morgan fingerprint density at radius 3 is 2.69 bits per heavy atom. The minimum Gasteiger partial charge on any atom is -0.488 e. The first-order valence-electron chi connectivity index (χ1n) is 7.94. The first-order valence-corrected chi connectivity index (χ1v) is 9.93. The van der Waals surface area contributed by atoms with Crippen molar-refractivity contribution in [3.05, 3.63) is 73.1 Å². The second-order valence-electron chi connectivity index (χ2n) is 5.46. The van der Waals surface area contributed by atoms with Gasteiger partial charge in [0.1, 0.15) is 12.4 Å². The molecule has 0 bridgehead atoms. The zero-order valence-corrected chi connectivity index (χ0v) is 17.9. The number of rotatable bonds is 6. The predicted octanol–water partition coefficient (Wildman–Crippen LogP) is 5.49. The molecule has 0 saturated heterocycles. The van der Waals surface area contributed by atoms with E-state index >= 15 is 0 Å². The molecule has 0 saturated carbocycles. The third kappa shape index (κ3) is 4.69. The number of ether oxygens (including phenoxy) is 1. The summed E-state index contributed by atoms with van der Waals surface area (Å²) in [6, 6.07) is 13.9. The van der Waals surface area contributed by atoms with Gasteiger partial charge in [-0.05, 0) is 69.6 Å².